The molecule has 19 heavy (non-hydrogen) atoms. The van der Waals surface area contributed by atoms with Gasteiger partial charge in [0.25, 0.3) is 0 Å². The number of benzene rings is 2. The highest BCUT2D eigenvalue weighted by Gasteiger charge is 2.02. The highest BCUT2D eigenvalue weighted by molar-refractivity contribution is 6.02. The van der Waals surface area contributed by atoms with Crippen LogP contribution in [0.4, 0.5) is 10.1 Å². The van der Waals surface area contributed by atoms with E-state index in [0.29, 0.717) is 0 Å². The zero-order chi connectivity index (χ0) is 13.7. The van der Waals surface area contributed by atoms with Gasteiger partial charge in [0, 0.05) is 6.08 Å². The number of aryl methyl sites for hydroxylation is 1. The molecule has 0 unspecified atom stereocenters. The van der Waals surface area contributed by atoms with Crippen molar-refractivity contribution >= 4 is 17.7 Å². The molecule has 0 atom stereocenters. The molecule has 0 heterocycles. The van der Waals surface area contributed by atoms with Crippen molar-refractivity contribution in [2.45, 2.75) is 6.92 Å². The Labute approximate surface area is 111 Å². The zero-order valence-corrected chi connectivity index (χ0v) is 10.6. The fourth-order valence-corrected chi connectivity index (χ4v) is 1.68. The molecule has 0 aliphatic heterocycles. The minimum absolute atomic E-state index is 0.182. The van der Waals surface area contributed by atoms with E-state index in [2.05, 4.69) is 5.32 Å². The van der Waals surface area contributed by atoms with Crippen molar-refractivity contribution in [3.05, 3.63) is 71.6 Å². The predicted octanol–water partition coefficient (Wildman–Crippen LogP) is 3.79. The fraction of sp³-hybridized carbons (Fsp3) is 0.0625. The smallest absolute Gasteiger partial charge is 0.248 e. The fourth-order valence-electron chi connectivity index (χ4n) is 1.68. The van der Waals surface area contributed by atoms with E-state index in [9.17, 15) is 9.18 Å². The van der Waals surface area contributed by atoms with Crippen LogP contribution in [0.15, 0.2) is 54.6 Å². The molecule has 0 radical (unpaired) electrons. The summed E-state index contributed by atoms with van der Waals surface area (Å²) in [7, 11) is 0. The van der Waals surface area contributed by atoms with E-state index in [1.165, 1.54) is 18.2 Å². The van der Waals surface area contributed by atoms with E-state index in [-0.39, 0.29) is 11.6 Å². The third-order valence-corrected chi connectivity index (χ3v) is 2.73. The van der Waals surface area contributed by atoms with Crippen LogP contribution in [-0.2, 0) is 4.79 Å². The van der Waals surface area contributed by atoms with Crippen LogP contribution in [0.5, 0.6) is 0 Å². The summed E-state index contributed by atoms with van der Waals surface area (Å²) in [5.74, 6) is -0.798. The minimum Gasteiger partial charge on any atom is -0.320 e. The monoisotopic (exact) mass is 255 g/mol. The Hall–Kier alpha value is -2.42. The van der Waals surface area contributed by atoms with Gasteiger partial charge < -0.3 is 5.32 Å². The van der Waals surface area contributed by atoms with E-state index in [1.807, 2.05) is 31.2 Å². The van der Waals surface area contributed by atoms with Crippen molar-refractivity contribution in [2.75, 3.05) is 5.32 Å². The van der Waals surface area contributed by atoms with Crippen LogP contribution in [0, 0.1) is 12.7 Å². The lowest BCUT2D eigenvalue weighted by molar-refractivity contribution is -0.111. The maximum Gasteiger partial charge on any atom is 0.248 e. The summed E-state index contributed by atoms with van der Waals surface area (Å²) in [5.41, 5.74) is 2.23. The first-order chi connectivity index (χ1) is 9.16. The lowest BCUT2D eigenvalue weighted by Crippen LogP contribution is -2.09. The first-order valence-electron chi connectivity index (χ1n) is 5.96. The van der Waals surface area contributed by atoms with Gasteiger partial charge >= 0.3 is 0 Å². The standard InChI is InChI=1S/C16H14FNO/c1-12-6-2-3-7-13(12)10-11-16(19)18-15-9-5-4-8-14(15)17/h2-11H,1H3,(H,18,19)/b11-10+. The Morgan fingerprint density at radius 2 is 1.79 bits per heavy atom. The Kier molecular flexibility index (Phi) is 4.08. The molecule has 0 aliphatic carbocycles. The molecular formula is C16H14FNO. The highest BCUT2D eigenvalue weighted by atomic mass is 19.1. The van der Waals surface area contributed by atoms with Gasteiger partial charge in [-0.3, -0.25) is 4.79 Å². The molecule has 0 aliphatic rings. The second kappa shape index (κ2) is 5.96. The van der Waals surface area contributed by atoms with Crippen molar-refractivity contribution in [1.29, 1.82) is 0 Å². The van der Waals surface area contributed by atoms with E-state index in [1.54, 1.807) is 18.2 Å². The van der Waals surface area contributed by atoms with Gasteiger partial charge in [-0.2, -0.15) is 0 Å². The largest absolute Gasteiger partial charge is 0.320 e. The molecule has 1 amide bonds. The third kappa shape index (κ3) is 3.52. The molecule has 0 fully saturated rings. The zero-order valence-electron chi connectivity index (χ0n) is 10.6. The Bertz CT molecular complexity index is 620. The lowest BCUT2D eigenvalue weighted by atomic mass is 10.1. The highest BCUT2D eigenvalue weighted by Crippen LogP contribution is 2.13. The second-order valence-electron chi connectivity index (χ2n) is 4.16. The summed E-state index contributed by atoms with van der Waals surface area (Å²) in [6, 6.07) is 13.8. The second-order valence-corrected chi connectivity index (χ2v) is 4.16. The van der Waals surface area contributed by atoms with Crippen LogP contribution in [0.2, 0.25) is 0 Å². The average molecular weight is 255 g/mol. The number of hydrogen-bond donors (Lipinski definition) is 1. The Morgan fingerprint density at radius 1 is 1.11 bits per heavy atom. The molecule has 2 nitrogen and oxygen atoms in total. The maximum absolute atomic E-state index is 13.3. The van der Waals surface area contributed by atoms with Crippen LogP contribution in [-0.4, -0.2) is 5.91 Å². The van der Waals surface area contributed by atoms with Gasteiger partial charge in [-0.25, -0.2) is 4.39 Å². The lowest BCUT2D eigenvalue weighted by Gasteiger charge is -2.03. The number of carbonyl (C=O) groups excluding carboxylic acids is 1. The van der Waals surface area contributed by atoms with Crippen molar-refractivity contribution < 1.29 is 9.18 Å². The molecule has 96 valence electrons. The molecule has 2 aromatic carbocycles. The van der Waals surface area contributed by atoms with Crippen LogP contribution in [0.25, 0.3) is 6.08 Å². The summed E-state index contributed by atoms with van der Waals surface area (Å²) in [6.45, 7) is 1.97. The molecule has 1 N–H and O–H groups in total. The molecular weight excluding hydrogens is 241 g/mol. The average Bonchev–Trinajstić information content (AvgIpc) is 2.40. The van der Waals surface area contributed by atoms with E-state index < -0.39 is 5.82 Å². The van der Waals surface area contributed by atoms with Gasteiger partial charge in [0.2, 0.25) is 5.91 Å². The molecule has 0 saturated carbocycles. The number of amides is 1. The van der Waals surface area contributed by atoms with Crippen molar-refractivity contribution in [1.82, 2.24) is 0 Å². The maximum atomic E-state index is 13.3. The normalized spacial score (nSPS) is 10.6. The molecule has 0 saturated heterocycles. The number of anilines is 1. The van der Waals surface area contributed by atoms with Gasteiger partial charge in [-0.1, -0.05) is 36.4 Å². The molecule has 2 rings (SSSR count). The SMILES string of the molecule is Cc1ccccc1/C=C/C(=O)Nc1ccccc1F. The van der Waals surface area contributed by atoms with Crippen molar-refractivity contribution in [2.24, 2.45) is 0 Å². The summed E-state index contributed by atoms with van der Waals surface area (Å²) in [5, 5.41) is 2.50. The quantitative estimate of drug-likeness (QED) is 0.831. The van der Waals surface area contributed by atoms with Crippen molar-refractivity contribution in [3.8, 4) is 0 Å². The van der Waals surface area contributed by atoms with Crippen LogP contribution in [0.3, 0.4) is 0 Å². The number of nitrogens with one attached hydrogen (secondary N) is 1. The van der Waals surface area contributed by atoms with Gasteiger partial charge in [0.1, 0.15) is 5.82 Å². The summed E-state index contributed by atoms with van der Waals surface area (Å²) in [4.78, 5) is 11.7. The number of rotatable bonds is 3. The topological polar surface area (TPSA) is 29.1 Å². The Morgan fingerprint density at radius 3 is 2.53 bits per heavy atom. The van der Waals surface area contributed by atoms with Crippen LogP contribution >= 0.6 is 0 Å². The number of halogens is 1. The molecule has 0 spiro atoms. The van der Waals surface area contributed by atoms with E-state index in [0.717, 1.165) is 11.1 Å². The molecule has 3 heteroatoms. The van der Waals surface area contributed by atoms with E-state index >= 15 is 0 Å². The first-order valence-corrected chi connectivity index (χ1v) is 5.96. The van der Waals surface area contributed by atoms with Crippen LogP contribution < -0.4 is 5.32 Å². The molecule has 0 aromatic heterocycles. The van der Waals surface area contributed by atoms with Gasteiger partial charge in [0.05, 0.1) is 5.69 Å². The molecule has 2 aromatic rings. The van der Waals surface area contributed by atoms with Gasteiger partial charge in [-0.15, -0.1) is 0 Å². The van der Waals surface area contributed by atoms with Gasteiger partial charge in [-0.05, 0) is 36.3 Å². The van der Waals surface area contributed by atoms with E-state index in [4.69, 9.17) is 0 Å². The predicted molar refractivity (Wildman–Crippen MR) is 75.2 cm³/mol. The minimum atomic E-state index is -0.444. The Balaban J connectivity index is 2.06. The summed E-state index contributed by atoms with van der Waals surface area (Å²) in [6.07, 6.45) is 3.11. The number of hydrogen-bond acceptors (Lipinski definition) is 1. The van der Waals surface area contributed by atoms with Gasteiger partial charge in [0.15, 0.2) is 0 Å². The number of carbonyl (C=O) groups is 1. The molecule has 0 bridgehead atoms. The summed E-state index contributed by atoms with van der Waals surface area (Å²) < 4.78 is 13.3. The third-order valence-electron chi connectivity index (χ3n) is 2.73. The van der Waals surface area contributed by atoms with Crippen molar-refractivity contribution in [3.63, 3.8) is 0 Å². The first kappa shape index (κ1) is 13.0. The van der Waals surface area contributed by atoms with Crippen LogP contribution in [0.1, 0.15) is 11.1 Å². The number of para-hydroxylation sites is 1. The summed E-state index contributed by atoms with van der Waals surface area (Å²) >= 11 is 0.